The van der Waals surface area contributed by atoms with Gasteiger partial charge < -0.3 is 10.6 Å². The van der Waals surface area contributed by atoms with E-state index < -0.39 is 6.55 Å². The summed E-state index contributed by atoms with van der Waals surface area (Å²) in [6.07, 6.45) is 4.81. The van der Waals surface area contributed by atoms with Crippen LogP contribution >= 0.6 is 0 Å². The lowest BCUT2D eigenvalue weighted by molar-refractivity contribution is 0.0671. The number of guanidine groups is 1. The highest BCUT2D eigenvalue weighted by atomic mass is 19.3. The molecule has 7 heteroatoms. The molecule has 0 bridgehead atoms. The van der Waals surface area contributed by atoms with Crippen molar-refractivity contribution < 1.29 is 8.78 Å². The van der Waals surface area contributed by atoms with Gasteiger partial charge in [-0.15, -0.1) is 0 Å². The number of halogens is 2. The van der Waals surface area contributed by atoms with Gasteiger partial charge in [-0.3, -0.25) is 4.57 Å². The third kappa shape index (κ3) is 6.55. The summed E-state index contributed by atoms with van der Waals surface area (Å²) in [5.74, 6) is 1.55. The molecule has 0 atom stereocenters. The molecule has 0 aliphatic heterocycles. The topological polar surface area (TPSA) is 54.2 Å². The van der Waals surface area contributed by atoms with Crippen LogP contribution in [0.25, 0.3) is 0 Å². The Hall–Kier alpha value is -1.66. The highest BCUT2D eigenvalue weighted by Crippen LogP contribution is 2.12. The Morgan fingerprint density at radius 1 is 1.38 bits per heavy atom. The summed E-state index contributed by atoms with van der Waals surface area (Å²) in [4.78, 5) is 8.20. The van der Waals surface area contributed by atoms with Gasteiger partial charge in [0.2, 0.25) is 0 Å². The zero-order chi connectivity index (χ0) is 15.7. The number of hydrogen-bond acceptors (Lipinski definition) is 2. The van der Waals surface area contributed by atoms with Gasteiger partial charge in [-0.25, -0.2) is 9.98 Å². The van der Waals surface area contributed by atoms with Crippen molar-refractivity contribution in [3.63, 3.8) is 0 Å². The summed E-state index contributed by atoms with van der Waals surface area (Å²) in [6.45, 7) is 5.40. The first-order valence-corrected chi connectivity index (χ1v) is 7.36. The van der Waals surface area contributed by atoms with Crippen LogP contribution in [0.2, 0.25) is 0 Å². The normalized spacial score (nSPS) is 12.2. The van der Waals surface area contributed by atoms with Crippen LogP contribution in [0.15, 0.2) is 17.4 Å². The number of rotatable bonds is 8. The molecule has 5 nitrogen and oxygen atoms in total. The Bertz CT molecular complexity index is 429. The average molecular weight is 301 g/mol. The van der Waals surface area contributed by atoms with E-state index in [1.165, 1.54) is 12.4 Å². The fourth-order valence-electron chi connectivity index (χ4n) is 1.85. The Labute approximate surface area is 124 Å². The Balaban J connectivity index is 2.52. The Kier molecular flexibility index (Phi) is 7.71. The molecule has 0 fully saturated rings. The molecule has 21 heavy (non-hydrogen) atoms. The molecule has 0 aliphatic rings. The van der Waals surface area contributed by atoms with Gasteiger partial charge in [0.1, 0.15) is 12.4 Å². The maximum atomic E-state index is 12.7. The van der Waals surface area contributed by atoms with Crippen LogP contribution in [-0.4, -0.2) is 28.6 Å². The van der Waals surface area contributed by atoms with E-state index in [0.717, 1.165) is 30.5 Å². The quantitative estimate of drug-likeness (QED) is 0.441. The highest BCUT2D eigenvalue weighted by molar-refractivity contribution is 5.79. The third-order valence-electron chi connectivity index (χ3n) is 2.93. The SMILES string of the molecule is CCNC(=NCc1nccn1C(F)F)NCCCC(C)C. The maximum absolute atomic E-state index is 12.7. The molecule has 0 saturated carbocycles. The fourth-order valence-corrected chi connectivity index (χ4v) is 1.85. The second-order valence-corrected chi connectivity index (χ2v) is 5.19. The molecule has 0 aromatic carbocycles. The number of nitrogens with zero attached hydrogens (tertiary/aromatic N) is 3. The van der Waals surface area contributed by atoms with Crippen LogP contribution in [0.5, 0.6) is 0 Å². The van der Waals surface area contributed by atoms with E-state index in [1.54, 1.807) is 0 Å². The van der Waals surface area contributed by atoms with Crippen molar-refractivity contribution in [3.05, 3.63) is 18.2 Å². The van der Waals surface area contributed by atoms with Gasteiger partial charge in [0.25, 0.3) is 0 Å². The lowest BCUT2D eigenvalue weighted by atomic mass is 10.1. The molecule has 0 amide bonds. The lowest BCUT2D eigenvalue weighted by Gasteiger charge is -2.12. The van der Waals surface area contributed by atoms with Crippen LogP contribution in [-0.2, 0) is 6.54 Å². The molecule has 2 N–H and O–H groups in total. The number of nitrogens with one attached hydrogen (secondary N) is 2. The standard InChI is InChI=1S/C14H25F2N5/c1-4-17-14(19-7-5-6-11(2)3)20-10-12-18-8-9-21(12)13(15)16/h8-9,11,13H,4-7,10H2,1-3H3,(H2,17,19,20). The first kappa shape index (κ1) is 17.4. The number of imidazole rings is 1. The molecular weight excluding hydrogens is 276 g/mol. The largest absolute Gasteiger partial charge is 0.357 e. The van der Waals surface area contributed by atoms with E-state index in [4.69, 9.17) is 0 Å². The first-order valence-electron chi connectivity index (χ1n) is 7.36. The van der Waals surface area contributed by atoms with Crippen LogP contribution in [0.3, 0.4) is 0 Å². The van der Waals surface area contributed by atoms with Crippen LogP contribution in [0.4, 0.5) is 8.78 Å². The van der Waals surface area contributed by atoms with Crippen LogP contribution < -0.4 is 10.6 Å². The maximum Gasteiger partial charge on any atom is 0.319 e. The summed E-state index contributed by atoms with van der Waals surface area (Å²) in [7, 11) is 0. The highest BCUT2D eigenvalue weighted by Gasteiger charge is 2.10. The van der Waals surface area contributed by atoms with E-state index in [9.17, 15) is 8.78 Å². The summed E-state index contributed by atoms with van der Waals surface area (Å²) in [5, 5.41) is 6.30. The van der Waals surface area contributed by atoms with Gasteiger partial charge >= 0.3 is 6.55 Å². The molecule has 120 valence electrons. The smallest absolute Gasteiger partial charge is 0.319 e. The first-order chi connectivity index (χ1) is 10.0. The van der Waals surface area contributed by atoms with Gasteiger partial charge in [0.15, 0.2) is 5.96 Å². The second kappa shape index (κ2) is 9.31. The predicted molar refractivity (Wildman–Crippen MR) is 80.4 cm³/mol. The van der Waals surface area contributed by atoms with Crippen molar-refractivity contribution in [3.8, 4) is 0 Å². The summed E-state index contributed by atoms with van der Waals surface area (Å²) in [6, 6.07) is 0. The van der Waals surface area contributed by atoms with Crippen molar-refractivity contribution in [2.75, 3.05) is 13.1 Å². The molecule has 1 heterocycles. The summed E-state index contributed by atoms with van der Waals surface area (Å²) < 4.78 is 26.2. The monoisotopic (exact) mass is 301 g/mol. The van der Waals surface area contributed by atoms with Crippen LogP contribution in [0, 0.1) is 5.92 Å². The Morgan fingerprint density at radius 2 is 2.14 bits per heavy atom. The molecule has 1 aromatic heterocycles. The zero-order valence-corrected chi connectivity index (χ0v) is 12.9. The van der Waals surface area contributed by atoms with E-state index >= 15 is 0 Å². The molecule has 0 radical (unpaired) electrons. The van der Waals surface area contributed by atoms with Gasteiger partial charge in [-0.05, 0) is 25.7 Å². The summed E-state index contributed by atoms with van der Waals surface area (Å²) in [5.41, 5.74) is 0. The summed E-state index contributed by atoms with van der Waals surface area (Å²) >= 11 is 0. The van der Waals surface area contributed by atoms with Crippen molar-refractivity contribution in [2.45, 2.75) is 46.7 Å². The van der Waals surface area contributed by atoms with E-state index in [1.807, 2.05) is 6.92 Å². The third-order valence-corrected chi connectivity index (χ3v) is 2.93. The number of aliphatic imine (C=N–C) groups is 1. The van der Waals surface area contributed by atoms with E-state index in [2.05, 4.69) is 34.5 Å². The lowest BCUT2D eigenvalue weighted by Crippen LogP contribution is -2.37. The number of alkyl halides is 2. The molecule has 0 aliphatic carbocycles. The molecule has 0 unspecified atom stereocenters. The van der Waals surface area contributed by atoms with Gasteiger partial charge in [-0.2, -0.15) is 8.78 Å². The second-order valence-electron chi connectivity index (χ2n) is 5.19. The fraction of sp³-hybridized carbons (Fsp3) is 0.714. The van der Waals surface area contributed by atoms with Crippen LogP contribution in [0.1, 0.15) is 46.0 Å². The molecule has 0 spiro atoms. The number of hydrogen-bond donors (Lipinski definition) is 2. The minimum atomic E-state index is -2.58. The molecule has 1 rings (SSSR count). The number of aromatic nitrogens is 2. The van der Waals surface area contributed by atoms with Gasteiger partial charge in [0, 0.05) is 25.5 Å². The van der Waals surface area contributed by atoms with E-state index in [0.29, 0.717) is 11.9 Å². The molecular formula is C14H25F2N5. The van der Waals surface area contributed by atoms with Crippen molar-refractivity contribution >= 4 is 5.96 Å². The zero-order valence-electron chi connectivity index (χ0n) is 12.9. The molecule has 1 aromatic rings. The van der Waals surface area contributed by atoms with Gasteiger partial charge in [-0.1, -0.05) is 13.8 Å². The Morgan fingerprint density at radius 3 is 2.76 bits per heavy atom. The minimum absolute atomic E-state index is 0.122. The van der Waals surface area contributed by atoms with Crippen molar-refractivity contribution in [1.82, 2.24) is 20.2 Å². The molecule has 0 saturated heterocycles. The van der Waals surface area contributed by atoms with E-state index in [-0.39, 0.29) is 12.4 Å². The van der Waals surface area contributed by atoms with Gasteiger partial charge in [0.05, 0.1) is 0 Å². The van der Waals surface area contributed by atoms with Crippen molar-refractivity contribution in [2.24, 2.45) is 10.9 Å². The minimum Gasteiger partial charge on any atom is -0.357 e. The predicted octanol–water partition coefficient (Wildman–Crippen LogP) is 2.77. The average Bonchev–Trinajstić information content (AvgIpc) is 2.89. The van der Waals surface area contributed by atoms with Crippen molar-refractivity contribution in [1.29, 1.82) is 0 Å².